The second-order valence-corrected chi connectivity index (χ2v) is 4.62. The topological polar surface area (TPSA) is 52.6 Å². The van der Waals surface area contributed by atoms with E-state index >= 15 is 0 Å². The van der Waals surface area contributed by atoms with Crippen LogP contribution in [0.2, 0.25) is 0 Å². The van der Waals surface area contributed by atoms with E-state index in [1.54, 1.807) is 0 Å². The van der Waals surface area contributed by atoms with Crippen molar-refractivity contribution in [1.29, 1.82) is 0 Å². The van der Waals surface area contributed by atoms with Crippen LogP contribution in [0.1, 0.15) is 25.7 Å². The quantitative estimate of drug-likeness (QED) is 0.586. The van der Waals surface area contributed by atoms with Crippen LogP contribution >= 0.6 is 0 Å². The molecule has 0 heterocycles. The number of unbranched alkanes of at least 4 members (excludes halogenated alkanes) is 1. The number of carbonyl (C=O) groups is 1. The van der Waals surface area contributed by atoms with Crippen LogP contribution in [0, 0.1) is 5.92 Å². The molecule has 1 aliphatic carbocycles. The van der Waals surface area contributed by atoms with Crippen LogP contribution in [0.4, 0.5) is 0 Å². The number of rotatable bonds is 8. The summed E-state index contributed by atoms with van der Waals surface area (Å²) in [6.07, 6.45) is 4.31. The van der Waals surface area contributed by atoms with Gasteiger partial charge in [-0.25, -0.2) is 0 Å². The molecule has 1 atom stereocenters. The summed E-state index contributed by atoms with van der Waals surface area (Å²) in [5.74, 6) is -0.304. The van der Waals surface area contributed by atoms with Gasteiger partial charge < -0.3 is 15.3 Å². The fourth-order valence-corrected chi connectivity index (χ4v) is 1.70. The zero-order valence-electron chi connectivity index (χ0n) is 9.70. The van der Waals surface area contributed by atoms with Gasteiger partial charge >= 0.3 is 5.97 Å². The van der Waals surface area contributed by atoms with E-state index in [0.29, 0.717) is 5.92 Å². The van der Waals surface area contributed by atoms with Gasteiger partial charge in [-0.15, -0.1) is 0 Å². The van der Waals surface area contributed by atoms with Gasteiger partial charge in [0.05, 0.1) is 0 Å². The Labute approximate surface area is 91.6 Å². The predicted molar refractivity (Wildman–Crippen MR) is 59.9 cm³/mol. The Morgan fingerprint density at radius 2 is 2.13 bits per heavy atom. The van der Waals surface area contributed by atoms with Crippen LogP contribution in [0.5, 0.6) is 0 Å². The van der Waals surface area contributed by atoms with Gasteiger partial charge in [0.1, 0.15) is 6.04 Å². The summed E-state index contributed by atoms with van der Waals surface area (Å²) in [6.45, 7) is 1.89. The Bertz CT molecular complexity index is 203. The van der Waals surface area contributed by atoms with Crippen LogP contribution in [0.25, 0.3) is 0 Å². The van der Waals surface area contributed by atoms with Crippen LogP contribution < -0.4 is 5.32 Å². The Balaban J connectivity index is 2.04. The highest BCUT2D eigenvalue weighted by molar-refractivity contribution is 5.74. The Hall–Kier alpha value is -0.610. The van der Waals surface area contributed by atoms with Gasteiger partial charge in [0.25, 0.3) is 0 Å². The highest BCUT2D eigenvalue weighted by atomic mass is 16.4. The van der Waals surface area contributed by atoms with Gasteiger partial charge in [0.15, 0.2) is 0 Å². The van der Waals surface area contributed by atoms with Crippen LogP contribution in [0.3, 0.4) is 0 Å². The van der Waals surface area contributed by atoms with E-state index in [1.165, 1.54) is 0 Å². The van der Waals surface area contributed by atoms with Crippen molar-refractivity contribution in [2.45, 2.75) is 31.7 Å². The molecule has 0 spiro atoms. The van der Waals surface area contributed by atoms with Crippen molar-refractivity contribution < 1.29 is 9.90 Å². The number of carboxylic acid groups (broad SMARTS) is 1. The van der Waals surface area contributed by atoms with Crippen molar-refractivity contribution >= 4 is 5.97 Å². The molecule has 0 aliphatic heterocycles. The minimum atomic E-state index is -0.690. The fraction of sp³-hybridized carbons (Fsp3) is 0.909. The van der Waals surface area contributed by atoms with E-state index in [0.717, 1.165) is 38.8 Å². The molecule has 2 N–H and O–H groups in total. The van der Waals surface area contributed by atoms with Crippen molar-refractivity contribution in [3.63, 3.8) is 0 Å². The molecule has 0 radical (unpaired) electrons. The number of aliphatic carboxylic acids is 1. The minimum absolute atomic E-state index is 0.302. The summed E-state index contributed by atoms with van der Waals surface area (Å²) >= 11 is 0. The lowest BCUT2D eigenvalue weighted by Gasteiger charge is -2.14. The molecule has 1 saturated carbocycles. The first-order valence-electron chi connectivity index (χ1n) is 5.72. The van der Waals surface area contributed by atoms with Gasteiger partial charge in [-0.3, -0.25) is 4.79 Å². The molecule has 4 heteroatoms. The SMILES string of the molecule is CN(C)CCCCNC(C(=O)O)C1CC1. The van der Waals surface area contributed by atoms with E-state index in [9.17, 15) is 4.79 Å². The molecule has 0 aromatic rings. The first-order valence-corrected chi connectivity index (χ1v) is 5.72. The molecule has 4 nitrogen and oxygen atoms in total. The predicted octanol–water partition coefficient (Wildman–Crippen LogP) is 0.781. The van der Waals surface area contributed by atoms with Gasteiger partial charge in [-0.2, -0.15) is 0 Å². The molecule has 1 fully saturated rings. The standard InChI is InChI=1S/C11H22N2O2/c1-13(2)8-4-3-7-12-10(11(14)15)9-5-6-9/h9-10,12H,3-8H2,1-2H3,(H,14,15). The molecule has 15 heavy (non-hydrogen) atoms. The highest BCUT2D eigenvalue weighted by Gasteiger charge is 2.35. The van der Waals surface area contributed by atoms with E-state index in [2.05, 4.69) is 24.3 Å². The monoisotopic (exact) mass is 214 g/mol. The van der Waals surface area contributed by atoms with E-state index in [1.807, 2.05) is 0 Å². The first kappa shape index (κ1) is 12.5. The summed E-state index contributed by atoms with van der Waals surface area (Å²) in [5.41, 5.74) is 0. The Kier molecular flexibility index (Phi) is 5.05. The summed E-state index contributed by atoms with van der Waals surface area (Å²) in [6, 6.07) is -0.302. The maximum absolute atomic E-state index is 10.9. The van der Waals surface area contributed by atoms with Crippen molar-refractivity contribution in [1.82, 2.24) is 10.2 Å². The van der Waals surface area contributed by atoms with Crippen molar-refractivity contribution in [3.8, 4) is 0 Å². The van der Waals surface area contributed by atoms with Crippen LogP contribution in [0.15, 0.2) is 0 Å². The molecule has 1 unspecified atom stereocenters. The third kappa shape index (κ3) is 5.14. The lowest BCUT2D eigenvalue weighted by atomic mass is 10.2. The van der Waals surface area contributed by atoms with Crippen molar-refractivity contribution in [3.05, 3.63) is 0 Å². The number of carboxylic acids is 1. The van der Waals surface area contributed by atoms with E-state index < -0.39 is 5.97 Å². The molecule has 0 bridgehead atoms. The molecule has 0 saturated heterocycles. The lowest BCUT2D eigenvalue weighted by Crippen LogP contribution is -2.39. The number of nitrogens with zero attached hydrogens (tertiary/aromatic N) is 1. The average molecular weight is 214 g/mol. The molecule has 88 valence electrons. The second kappa shape index (κ2) is 6.08. The third-order valence-electron chi connectivity index (χ3n) is 2.76. The summed E-state index contributed by atoms with van der Waals surface area (Å²) in [7, 11) is 4.11. The number of nitrogens with one attached hydrogen (secondary N) is 1. The zero-order valence-corrected chi connectivity index (χ0v) is 9.70. The lowest BCUT2D eigenvalue weighted by molar-refractivity contribution is -0.140. The van der Waals surface area contributed by atoms with Crippen LogP contribution in [-0.2, 0) is 4.79 Å². The minimum Gasteiger partial charge on any atom is -0.480 e. The maximum Gasteiger partial charge on any atom is 0.320 e. The molecular formula is C11H22N2O2. The fourth-order valence-electron chi connectivity index (χ4n) is 1.70. The zero-order chi connectivity index (χ0) is 11.3. The molecule has 1 aliphatic rings. The summed E-state index contributed by atoms with van der Waals surface area (Å²) < 4.78 is 0. The molecular weight excluding hydrogens is 192 g/mol. The van der Waals surface area contributed by atoms with Gasteiger partial charge in [0, 0.05) is 0 Å². The highest BCUT2D eigenvalue weighted by Crippen LogP contribution is 2.32. The summed E-state index contributed by atoms with van der Waals surface area (Å²) in [4.78, 5) is 13.0. The number of hydrogen-bond acceptors (Lipinski definition) is 3. The van der Waals surface area contributed by atoms with Gasteiger partial charge in [-0.1, -0.05) is 0 Å². The van der Waals surface area contributed by atoms with Crippen molar-refractivity contribution in [2.75, 3.05) is 27.2 Å². The summed E-state index contributed by atoms with van der Waals surface area (Å²) in [5, 5.41) is 12.1. The molecule has 0 amide bonds. The normalized spacial score (nSPS) is 18.1. The smallest absolute Gasteiger partial charge is 0.320 e. The molecule has 0 aromatic heterocycles. The first-order chi connectivity index (χ1) is 7.11. The Morgan fingerprint density at radius 1 is 1.47 bits per heavy atom. The Morgan fingerprint density at radius 3 is 2.60 bits per heavy atom. The maximum atomic E-state index is 10.9. The molecule has 0 aromatic carbocycles. The number of hydrogen-bond donors (Lipinski definition) is 2. The third-order valence-corrected chi connectivity index (χ3v) is 2.76. The average Bonchev–Trinajstić information content (AvgIpc) is 2.93. The van der Waals surface area contributed by atoms with E-state index in [4.69, 9.17) is 5.11 Å². The van der Waals surface area contributed by atoms with Gasteiger partial charge in [-0.05, 0) is 58.8 Å². The van der Waals surface area contributed by atoms with Gasteiger partial charge in [0.2, 0.25) is 0 Å². The molecule has 1 rings (SSSR count). The van der Waals surface area contributed by atoms with Crippen LogP contribution in [-0.4, -0.2) is 49.2 Å². The second-order valence-electron chi connectivity index (χ2n) is 4.62. The van der Waals surface area contributed by atoms with E-state index in [-0.39, 0.29) is 6.04 Å². The largest absolute Gasteiger partial charge is 0.480 e. The van der Waals surface area contributed by atoms with Crippen molar-refractivity contribution in [2.24, 2.45) is 5.92 Å².